The van der Waals surface area contributed by atoms with Crippen molar-refractivity contribution >= 4 is 50.6 Å². The first-order chi connectivity index (χ1) is 14.6. The molecule has 1 aliphatic rings. The summed E-state index contributed by atoms with van der Waals surface area (Å²) >= 11 is 7.54. The minimum absolute atomic E-state index is 0.0396. The predicted molar refractivity (Wildman–Crippen MR) is 122 cm³/mol. The molecule has 1 aromatic heterocycles. The van der Waals surface area contributed by atoms with Crippen LogP contribution in [0.15, 0.2) is 53.9 Å². The van der Waals surface area contributed by atoms with Gasteiger partial charge in [-0.05, 0) is 73.8 Å². The van der Waals surface area contributed by atoms with Crippen LogP contribution >= 0.6 is 22.9 Å². The zero-order valence-corrected chi connectivity index (χ0v) is 18.0. The largest absolute Gasteiger partial charge is 0.448 e. The van der Waals surface area contributed by atoms with Gasteiger partial charge in [-0.25, -0.2) is 4.79 Å². The summed E-state index contributed by atoms with van der Waals surface area (Å²) in [5.41, 5.74) is 1.48. The first-order valence-electron chi connectivity index (χ1n) is 10.0. The summed E-state index contributed by atoms with van der Waals surface area (Å²) in [7, 11) is 0. The second-order valence-corrected chi connectivity index (χ2v) is 8.77. The van der Waals surface area contributed by atoms with Gasteiger partial charge < -0.3 is 4.74 Å². The first-order valence-corrected chi connectivity index (χ1v) is 11.3. The Hall–Kier alpha value is -2.41. The average molecular weight is 443 g/mol. The molecule has 0 spiro atoms. The van der Waals surface area contributed by atoms with Gasteiger partial charge in [0.2, 0.25) is 0 Å². The Labute approximate surface area is 184 Å². The Bertz CT molecular complexity index is 1030. The summed E-state index contributed by atoms with van der Waals surface area (Å²) in [6.07, 6.45) is 1.18. The van der Waals surface area contributed by atoms with E-state index in [1.807, 2.05) is 29.6 Å². The topological polar surface area (TPSA) is 58.6 Å². The van der Waals surface area contributed by atoms with Crippen molar-refractivity contribution < 1.29 is 14.3 Å². The van der Waals surface area contributed by atoms with E-state index >= 15 is 0 Å². The number of carbonyl (C=O) groups is 2. The lowest BCUT2D eigenvalue weighted by atomic mass is 9.89. The molecular formula is C23H23ClN2O3S. The SMILES string of the molecule is O=C(Nc1cccc2sccc12)OCCN1CCC(C(=O)c2ccc(Cl)cc2)CC1. The van der Waals surface area contributed by atoms with Crippen molar-refractivity contribution in [1.82, 2.24) is 4.90 Å². The van der Waals surface area contributed by atoms with Crippen LogP contribution in [0.1, 0.15) is 23.2 Å². The molecule has 0 bridgehead atoms. The van der Waals surface area contributed by atoms with Crippen LogP contribution in [-0.2, 0) is 4.74 Å². The number of hydrogen-bond donors (Lipinski definition) is 1. The summed E-state index contributed by atoms with van der Waals surface area (Å²) in [4.78, 5) is 27.0. The number of Topliss-reactive ketones (excluding diaryl/α,β-unsaturated/α-hetero) is 1. The molecular weight excluding hydrogens is 420 g/mol. The van der Waals surface area contributed by atoms with Crippen molar-refractivity contribution in [1.29, 1.82) is 0 Å². The quantitative estimate of drug-likeness (QED) is 0.497. The highest BCUT2D eigenvalue weighted by Gasteiger charge is 2.25. The number of hydrogen-bond acceptors (Lipinski definition) is 5. The Kier molecular flexibility index (Phi) is 6.67. The Morgan fingerprint density at radius 2 is 1.87 bits per heavy atom. The van der Waals surface area contributed by atoms with Crippen LogP contribution in [0.5, 0.6) is 0 Å². The maximum absolute atomic E-state index is 12.6. The summed E-state index contributed by atoms with van der Waals surface area (Å²) in [5, 5.41) is 6.49. The van der Waals surface area contributed by atoms with Crippen LogP contribution in [0.3, 0.4) is 0 Å². The number of carbonyl (C=O) groups excluding carboxylic acids is 2. The van der Waals surface area contributed by atoms with E-state index in [0.29, 0.717) is 18.2 Å². The van der Waals surface area contributed by atoms with Gasteiger partial charge in [-0.15, -0.1) is 11.3 Å². The third-order valence-electron chi connectivity index (χ3n) is 5.46. The molecule has 1 aliphatic heterocycles. The van der Waals surface area contributed by atoms with E-state index < -0.39 is 6.09 Å². The second-order valence-electron chi connectivity index (χ2n) is 7.39. The molecule has 2 aromatic carbocycles. The fourth-order valence-electron chi connectivity index (χ4n) is 3.79. The van der Waals surface area contributed by atoms with Crippen molar-refractivity contribution in [3.63, 3.8) is 0 Å². The number of nitrogens with zero attached hydrogens (tertiary/aromatic N) is 1. The number of likely N-dealkylation sites (tertiary alicyclic amines) is 1. The lowest BCUT2D eigenvalue weighted by Crippen LogP contribution is -2.38. The van der Waals surface area contributed by atoms with Crippen molar-refractivity contribution in [3.8, 4) is 0 Å². The van der Waals surface area contributed by atoms with Crippen LogP contribution in [0, 0.1) is 5.92 Å². The molecule has 1 fully saturated rings. The number of nitrogens with one attached hydrogen (secondary N) is 1. The van der Waals surface area contributed by atoms with Gasteiger partial charge in [0.15, 0.2) is 5.78 Å². The first kappa shape index (κ1) is 20.8. The summed E-state index contributed by atoms with van der Waals surface area (Å²) in [6.45, 7) is 2.63. The van der Waals surface area contributed by atoms with Crippen molar-refractivity contribution in [2.24, 2.45) is 5.92 Å². The van der Waals surface area contributed by atoms with Crippen LogP contribution in [0.25, 0.3) is 10.1 Å². The molecule has 0 radical (unpaired) electrons. The summed E-state index contributed by atoms with van der Waals surface area (Å²) in [6, 6.07) is 14.9. The lowest BCUT2D eigenvalue weighted by Gasteiger charge is -2.31. The molecule has 156 valence electrons. The zero-order chi connectivity index (χ0) is 20.9. The number of ketones is 1. The Morgan fingerprint density at radius 1 is 1.10 bits per heavy atom. The van der Waals surface area contributed by atoms with Crippen LogP contribution in [0.4, 0.5) is 10.5 Å². The summed E-state index contributed by atoms with van der Waals surface area (Å²) < 4.78 is 6.49. The number of fused-ring (bicyclic) bond motifs is 1. The van der Waals surface area contributed by atoms with Crippen molar-refractivity contribution in [3.05, 3.63) is 64.5 Å². The van der Waals surface area contributed by atoms with Gasteiger partial charge in [-0.2, -0.15) is 0 Å². The zero-order valence-electron chi connectivity index (χ0n) is 16.5. The highest BCUT2D eigenvalue weighted by atomic mass is 35.5. The maximum Gasteiger partial charge on any atom is 0.411 e. The molecule has 0 atom stereocenters. The number of piperidine rings is 1. The second kappa shape index (κ2) is 9.60. The molecule has 5 nitrogen and oxygen atoms in total. The number of thiophene rings is 1. The smallest absolute Gasteiger partial charge is 0.411 e. The van der Waals surface area contributed by atoms with E-state index in [9.17, 15) is 9.59 Å². The van der Waals surface area contributed by atoms with Crippen LogP contribution in [-0.4, -0.2) is 43.0 Å². The highest BCUT2D eigenvalue weighted by Crippen LogP contribution is 2.28. The van der Waals surface area contributed by atoms with Gasteiger partial charge in [-0.1, -0.05) is 17.7 Å². The molecule has 3 aromatic rings. The van der Waals surface area contributed by atoms with Gasteiger partial charge in [0, 0.05) is 33.1 Å². The molecule has 30 heavy (non-hydrogen) atoms. The Balaban J connectivity index is 1.19. The molecule has 2 heterocycles. The van der Waals surface area contributed by atoms with Crippen LogP contribution in [0.2, 0.25) is 5.02 Å². The number of rotatable bonds is 6. The molecule has 7 heteroatoms. The average Bonchev–Trinajstić information content (AvgIpc) is 3.24. The monoisotopic (exact) mass is 442 g/mol. The minimum atomic E-state index is -0.443. The van der Waals surface area contributed by atoms with E-state index in [2.05, 4.69) is 10.2 Å². The van der Waals surface area contributed by atoms with Gasteiger partial charge >= 0.3 is 6.09 Å². The number of amides is 1. The fourth-order valence-corrected chi connectivity index (χ4v) is 4.72. The van der Waals surface area contributed by atoms with E-state index in [1.54, 1.807) is 35.6 Å². The molecule has 0 unspecified atom stereocenters. The molecule has 1 saturated heterocycles. The molecule has 4 rings (SSSR count). The van der Waals surface area contributed by atoms with Gasteiger partial charge in [-0.3, -0.25) is 15.0 Å². The summed E-state index contributed by atoms with van der Waals surface area (Å²) in [5.74, 6) is 0.224. The number of anilines is 1. The molecule has 1 amide bonds. The number of halogens is 1. The standard InChI is InChI=1S/C23H23ClN2O3S/c24-18-6-4-16(5-7-18)22(27)17-8-11-26(12-9-17)13-14-29-23(28)25-20-2-1-3-21-19(20)10-15-30-21/h1-7,10,15,17H,8-9,11-14H2,(H,25,28). The van der Waals surface area contributed by atoms with E-state index in [4.69, 9.17) is 16.3 Å². The van der Waals surface area contributed by atoms with E-state index in [-0.39, 0.29) is 11.7 Å². The fraction of sp³-hybridized carbons (Fsp3) is 0.304. The number of benzene rings is 2. The third kappa shape index (κ3) is 5.01. The van der Waals surface area contributed by atoms with Crippen molar-refractivity contribution in [2.75, 3.05) is 31.6 Å². The molecule has 0 aliphatic carbocycles. The Morgan fingerprint density at radius 3 is 2.63 bits per heavy atom. The normalized spacial score (nSPS) is 15.2. The highest BCUT2D eigenvalue weighted by molar-refractivity contribution is 7.17. The minimum Gasteiger partial charge on any atom is -0.448 e. The van der Waals surface area contributed by atoms with E-state index in [1.165, 1.54) is 0 Å². The number of ether oxygens (including phenoxy) is 1. The molecule has 1 N–H and O–H groups in total. The van der Waals surface area contributed by atoms with Crippen molar-refractivity contribution in [2.45, 2.75) is 12.8 Å². The predicted octanol–water partition coefficient (Wildman–Crippen LogP) is 5.70. The molecule has 0 saturated carbocycles. The van der Waals surface area contributed by atoms with Crippen LogP contribution < -0.4 is 5.32 Å². The van der Waals surface area contributed by atoms with E-state index in [0.717, 1.165) is 47.3 Å². The van der Waals surface area contributed by atoms with Gasteiger partial charge in [0.1, 0.15) is 6.61 Å². The lowest BCUT2D eigenvalue weighted by molar-refractivity contribution is 0.0813. The van der Waals surface area contributed by atoms with Gasteiger partial charge in [0.25, 0.3) is 0 Å². The maximum atomic E-state index is 12.6. The van der Waals surface area contributed by atoms with Gasteiger partial charge in [0.05, 0.1) is 5.69 Å². The third-order valence-corrected chi connectivity index (χ3v) is 6.59.